The van der Waals surface area contributed by atoms with Crippen molar-refractivity contribution in [3.8, 4) is 11.4 Å². The number of tetrazole rings is 1. The Labute approximate surface area is 165 Å². The lowest BCUT2D eigenvalue weighted by Gasteiger charge is -2.13. The summed E-state index contributed by atoms with van der Waals surface area (Å²) >= 11 is 1.26. The van der Waals surface area contributed by atoms with E-state index in [0.717, 1.165) is 16.5 Å². The number of hydrogen-bond acceptors (Lipinski definition) is 6. The molecule has 1 atom stereocenters. The van der Waals surface area contributed by atoms with E-state index < -0.39 is 5.25 Å². The van der Waals surface area contributed by atoms with Gasteiger partial charge in [-0.05, 0) is 53.1 Å². The predicted octanol–water partition coefficient (Wildman–Crippen LogP) is 3.64. The third-order valence-corrected chi connectivity index (χ3v) is 5.27. The second kappa shape index (κ2) is 7.69. The van der Waals surface area contributed by atoms with Crippen molar-refractivity contribution < 1.29 is 9.90 Å². The molecule has 1 aromatic heterocycles. The van der Waals surface area contributed by atoms with E-state index in [2.05, 4.69) is 20.8 Å². The Kier molecular flexibility index (Phi) is 4.94. The van der Waals surface area contributed by atoms with Gasteiger partial charge in [-0.2, -0.15) is 4.68 Å². The quantitative estimate of drug-likeness (QED) is 0.505. The van der Waals surface area contributed by atoms with Crippen molar-refractivity contribution in [1.29, 1.82) is 0 Å². The topological polar surface area (TPSA) is 92.9 Å². The first-order valence-corrected chi connectivity index (χ1v) is 9.53. The Hall–Kier alpha value is -3.39. The number of rotatable bonds is 5. The van der Waals surface area contributed by atoms with Crippen molar-refractivity contribution in [2.45, 2.75) is 17.3 Å². The van der Waals surface area contributed by atoms with Gasteiger partial charge in [0.1, 0.15) is 5.75 Å². The number of nitrogens with zero attached hydrogens (tertiary/aromatic N) is 4. The molecule has 7 nitrogen and oxygen atoms in total. The zero-order valence-corrected chi connectivity index (χ0v) is 15.8. The highest BCUT2D eigenvalue weighted by atomic mass is 32.2. The first-order chi connectivity index (χ1) is 13.6. The van der Waals surface area contributed by atoms with Crippen molar-refractivity contribution >= 4 is 34.1 Å². The molecule has 1 amide bonds. The van der Waals surface area contributed by atoms with Crippen molar-refractivity contribution in [2.75, 3.05) is 5.32 Å². The number of amides is 1. The van der Waals surface area contributed by atoms with Crippen molar-refractivity contribution in [1.82, 2.24) is 20.2 Å². The maximum atomic E-state index is 12.7. The van der Waals surface area contributed by atoms with Crippen LogP contribution < -0.4 is 5.32 Å². The average Bonchev–Trinajstić information content (AvgIpc) is 3.17. The van der Waals surface area contributed by atoms with Crippen LogP contribution in [0.25, 0.3) is 16.5 Å². The van der Waals surface area contributed by atoms with Gasteiger partial charge < -0.3 is 10.4 Å². The molecular weight excluding hydrogens is 374 g/mol. The first-order valence-electron chi connectivity index (χ1n) is 8.65. The summed E-state index contributed by atoms with van der Waals surface area (Å²) < 4.78 is 1.53. The lowest BCUT2D eigenvalue weighted by atomic mass is 10.1. The number of carbonyl (C=O) groups excluding carboxylic acids is 1. The number of nitrogens with one attached hydrogen (secondary N) is 1. The van der Waals surface area contributed by atoms with E-state index >= 15 is 0 Å². The van der Waals surface area contributed by atoms with Crippen LogP contribution in [-0.2, 0) is 4.79 Å². The molecule has 8 heteroatoms. The Morgan fingerprint density at radius 1 is 1.07 bits per heavy atom. The second-order valence-electron chi connectivity index (χ2n) is 6.17. The molecular formula is C20H17N5O2S. The highest BCUT2D eigenvalue weighted by Gasteiger charge is 2.20. The standard InChI is InChI=1S/C20H17N5O2S/c1-13(19(27)21-18-8-4-6-14-5-2-3-7-17(14)18)28-20-22-23-24-25(20)15-9-11-16(26)12-10-15/h2-13,26H,1H3,(H,21,27)/t13-/m1/s1. The molecule has 0 aliphatic heterocycles. The third-order valence-electron chi connectivity index (χ3n) is 4.23. The summed E-state index contributed by atoms with van der Waals surface area (Å²) in [7, 11) is 0. The van der Waals surface area contributed by atoms with E-state index in [4.69, 9.17) is 0 Å². The lowest BCUT2D eigenvalue weighted by molar-refractivity contribution is -0.115. The van der Waals surface area contributed by atoms with Crippen LogP contribution >= 0.6 is 11.8 Å². The fraction of sp³-hybridized carbons (Fsp3) is 0.100. The molecule has 4 rings (SSSR count). The number of fused-ring (bicyclic) bond motifs is 1. The molecule has 0 unspecified atom stereocenters. The smallest absolute Gasteiger partial charge is 0.237 e. The summed E-state index contributed by atoms with van der Waals surface area (Å²) in [5, 5.41) is 26.3. The number of phenols is 1. The van der Waals surface area contributed by atoms with E-state index in [-0.39, 0.29) is 11.7 Å². The van der Waals surface area contributed by atoms with Gasteiger partial charge in [-0.25, -0.2) is 0 Å². The van der Waals surface area contributed by atoms with E-state index in [1.54, 1.807) is 31.2 Å². The molecule has 0 bridgehead atoms. The zero-order valence-electron chi connectivity index (χ0n) is 15.0. The van der Waals surface area contributed by atoms with Crippen molar-refractivity contribution in [3.05, 3.63) is 66.7 Å². The summed E-state index contributed by atoms with van der Waals surface area (Å²) in [6, 6.07) is 20.2. The van der Waals surface area contributed by atoms with Crippen LogP contribution in [0.4, 0.5) is 5.69 Å². The van der Waals surface area contributed by atoms with Gasteiger partial charge >= 0.3 is 0 Å². The monoisotopic (exact) mass is 391 g/mol. The second-order valence-corrected chi connectivity index (χ2v) is 7.47. The molecule has 0 saturated heterocycles. The van der Waals surface area contributed by atoms with Gasteiger partial charge in [0, 0.05) is 11.1 Å². The number of benzene rings is 3. The molecule has 0 spiro atoms. The van der Waals surface area contributed by atoms with E-state index in [0.29, 0.717) is 10.8 Å². The highest BCUT2D eigenvalue weighted by Crippen LogP contribution is 2.27. The Balaban J connectivity index is 1.51. The third kappa shape index (κ3) is 3.67. The van der Waals surface area contributed by atoms with Crippen LogP contribution in [0.5, 0.6) is 5.75 Å². The van der Waals surface area contributed by atoms with Crippen LogP contribution in [0.15, 0.2) is 71.9 Å². The molecule has 0 saturated carbocycles. The molecule has 0 fully saturated rings. The number of phenolic OH excluding ortho intramolecular Hbond substituents is 1. The normalized spacial score (nSPS) is 12.0. The number of hydrogen-bond donors (Lipinski definition) is 2. The number of thioether (sulfide) groups is 1. The molecule has 2 N–H and O–H groups in total. The minimum absolute atomic E-state index is 0.137. The van der Waals surface area contributed by atoms with Crippen LogP contribution in [0.1, 0.15) is 6.92 Å². The Bertz CT molecular complexity index is 1120. The molecule has 3 aromatic carbocycles. The minimum atomic E-state index is -0.416. The van der Waals surface area contributed by atoms with Gasteiger partial charge in [0.2, 0.25) is 11.1 Å². The fourth-order valence-electron chi connectivity index (χ4n) is 2.79. The van der Waals surface area contributed by atoms with Crippen LogP contribution in [0.2, 0.25) is 0 Å². The maximum Gasteiger partial charge on any atom is 0.237 e. The van der Waals surface area contributed by atoms with E-state index in [1.807, 2.05) is 42.5 Å². The van der Waals surface area contributed by atoms with Gasteiger partial charge in [-0.15, -0.1) is 5.10 Å². The summed E-state index contributed by atoms with van der Waals surface area (Å²) in [5.41, 5.74) is 1.47. The molecule has 4 aromatic rings. The number of carbonyl (C=O) groups is 1. The first kappa shape index (κ1) is 18.0. The molecule has 1 heterocycles. The summed E-state index contributed by atoms with van der Waals surface area (Å²) in [4.78, 5) is 12.7. The fourth-order valence-corrected chi connectivity index (χ4v) is 3.60. The SMILES string of the molecule is C[C@@H](Sc1nnnn1-c1ccc(O)cc1)C(=O)Nc1cccc2ccccc12. The van der Waals surface area contributed by atoms with Gasteiger partial charge in [0.25, 0.3) is 0 Å². The average molecular weight is 391 g/mol. The highest BCUT2D eigenvalue weighted by molar-refractivity contribution is 8.00. The van der Waals surface area contributed by atoms with Gasteiger partial charge in [-0.1, -0.05) is 48.2 Å². The van der Waals surface area contributed by atoms with Gasteiger partial charge in [-0.3, -0.25) is 4.79 Å². The van der Waals surface area contributed by atoms with E-state index in [1.165, 1.54) is 16.4 Å². The molecule has 140 valence electrons. The Morgan fingerprint density at radius 3 is 2.64 bits per heavy atom. The lowest BCUT2D eigenvalue weighted by Crippen LogP contribution is -2.23. The molecule has 0 radical (unpaired) electrons. The van der Waals surface area contributed by atoms with Crippen molar-refractivity contribution in [2.24, 2.45) is 0 Å². The van der Waals surface area contributed by atoms with Crippen molar-refractivity contribution in [3.63, 3.8) is 0 Å². The number of aromatic nitrogens is 4. The van der Waals surface area contributed by atoms with Crippen LogP contribution in [-0.4, -0.2) is 36.5 Å². The van der Waals surface area contributed by atoms with Crippen LogP contribution in [0.3, 0.4) is 0 Å². The van der Waals surface area contributed by atoms with E-state index in [9.17, 15) is 9.90 Å². The van der Waals surface area contributed by atoms with Gasteiger partial charge in [0.05, 0.1) is 10.9 Å². The molecule has 0 aliphatic carbocycles. The van der Waals surface area contributed by atoms with Gasteiger partial charge in [0.15, 0.2) is 0 Å². The minimum Gasteiger partial charge on any atom is -0.508 e. The summed E-state index contributed by atoms with van der Waals surface area (Å²) in [5.74, 6) is 0.0236. The predicted molar refractivity (Wildman–Crippen MR) is 109 cm³/mol. The Morgan fingerprint density at radius 2 is 1.82 bits per heavy atom. The number of anilines is 1. The molecule has 28 heavy (non-hydrogen) atoms. The molecule has 0 aliphatic rings. The number of aromatic hydroxyl groups is 1. The summed E-state index contributed by atoms with van der Waals surface area (Å²) in [6.07, 6.45) is 0. The summed E-state index contributed by atoms with van der Waals surface area (Å²) in [6.45, 7) is 1.81. The van der Waals surface area contributed by atoms with Crippen LogP contribution in [0, 0.1) is 0 Å². The maximum absolute atomic E-state index is 12.7. The largest absolute Gasteiger partial charge is 0.508 e. The zero-order chi connectivity index (χ0) is 19.5.